The van der Waals surface area contributed by atoms with Crippen molar-refractivity contribution < 1.29 is 9.53 Å². The predicted octanol–water partition coefficient (Wildman–Crippen LogP) is 3.90. The highest BCUT2D eigenvalue weighted by Gasteiger charge is 2.24. The highest BCUT2D eigenvalue weighted by atomic mass is 16.5. The van der Waals surface area contributed by atoms with E-state index in [9.17, 15) is 4.79 Å². The quantitative estimate of drug-likeness (QED) is 0.781. The smallest absolute Gasteiger partial charge is 0.361 e. The molecule has 0 amide bonds. The summed E-state index contributed by atoms with van der Waals surface area (Å²) >= 11 is 0. The van der Waals surface area contributed by atoms with Gasteiger partial charge in [0.2, 0.25) is 0 Å². The second kappa shape index (κ2) is 6.38. The molecule has 0 saturated heterocycles. The van der Waals surface area contributed by atoms with Crippen LogP contribution in [0, 0.1) is 5.92 Å². The molecule has 5 nitrogen and oxygen atoms in total. The fourth-order valence-electron chi connectivity index (χ4n) is 2.59. The Kier molecular flexibility index (Phi) is 4.43. The molecular weight excluding hydrogens is 302 g/mol. The Morgan fingerprint density at radius 2 is 1.96 bits per heavy atom. The molecule has 128 valence electrons. The van der Waals surface area contributed by atoms with Gasteiger partial charge >= 0.3 is 5.97 Å². The van der Waals surface area contributed by atoms with Crippen molar-refractivity contribution in [3.05, 3.63) is 47.3 Å². The van der Waals surface area contributed by atoms with Crippen LogP contribution in [0.25, 0.3) is 0 Å². The summed E-state index contributed by atoms with van der Waals surface area (Å²) in [5.74, 6) is 0.264. The van der Waals surface area contributed by atoms with Gasteiger partial charge in [-0.05, 0) is 42.2 Å². The van der Waals surface area contributed by atoms with E-state index in [4.69, 9.17) is 4.74 Å². The van der Waals surface area contributed by atoms with E-state index in [0.29, 0.717) is 5.92 Å². The largest absolute Gasteiger partial charge is 0.453 e. The van der Waals surface area contributed by atoms with E-state index in [2.05, 4.69) is 43.2 Å². The average molecular weight is 327 g/mol. The summed E-state index contributed by atoms with van der Waals surface area (Å²) in [6.07, 6.45) is 3.83. The molecule has 0 bridgehead atoms. The Bertz CT molecular complexity index is 709. The summed E-state index contributed by atoms with van der Waals surface area (Å²) in [5, 5.41) is 7.93. The lowest BCUT2D eigenvalue weighted by Crippen LogP contribution is -2.12. The van der Waals surface area contributed by atoms with Gasteiger partial charge in [-0.1, -0.05) is 50.3 Å². The zero-order valence-corrected chi connectivity index (χ0v) is 14.8. The zero-order chi connectivity index (χ0) is 17.3. The number of hydrogen-bond acceptors (Lipinski definition) is 4. The summed E-state index contributed by atoms with van der Waals surface area (Å²) in [6.45, 7) is 9.24. The first kappa shape index (κ1) is 16.7. The number of nitrogens with zero attached hydrogens (tertiary/aromatic N) is 3. The minimum atomic E-state index is -0.426. The fourth-order valence-corrected chi connectivity index (χ4v) is 2.59. The van der Waals surface area contributed by atoms with Crippen LogP contribution in [0.5, 0.6) is 0 Å². The van der Waals surface area contributed by atoms with Crippen molar-refractivity contribution >= 4 is 5.97 Å². The number of carbonyl (C=O) groups is 1. The molecule has 1 heterocycles. The van der Waals surface area contributed by atoms with E-state index in [0.717, 1.165) is 12.1 Å². The van der Waals surface area contributed by atoms with Gasteiger partial charge in [0.15, 0.2) is 5.69 Å². The summed E-state index contributed by atoms with van der Waals surface area (Å²) in [6, 6.07) is 8.21. The van der Waals surface area contributed by atoms with Crippen LogP contribution >= 0.6 is 0 Å². The van der Waals surface area contributed by atoms with Crippen LogP contribution in [0.3, 0.4) is 0 Å². The van der Waals surface area contributed by atoms with Gasteiger partial charge in [-0.3, -0.25) is 4.68 Å². The first-order chi connectivity index (χ1) is 11.3. The minimum absolute atomic E-state index is 0.110. The average Bonchev–Trinajstić information content (AvgIpc) is 3.21. The number of hydrogen-bond donors (Lipinski definition) is 0. The molecule has 1 unspecified atom stereocenters. The van der Waals surface area contributed by atoms with Crippen LogP contribution in [0.1, 0.15) is 68.3 Å². The van der Waals surface area contributed by atoms with Crippen molar-refractivity contribution in [2.75, 3.05) is 0 Å². The van der Waals surface area contributed by atoms with Crippen molar-refractivity contribution in [3.8, 4) is 0 Å². The highest BCUT2D eigenvalue weighted by Crippen LogP contribution is 2.30. The third-order valence-corrected chi connectivity index (χ3v) is 4.42. The lowest BCUT2D eigenvalue weighted by atomic mass is 9.86. The molecule has 1 aromatic carbocycles. The van der Waals surface area contributed by atoms with Crippen molar-refractivity contribution in [2.24, 2.45) is 5.92 Å². The van der Waals surface area contributed by atoms with Crippen LogP contribution < -0.4 is 0 Å². The molecule has 3 rings (SSSR count). The molecule has 1 aromatic heterocycles. The molecule has 1 aliphatic carbocycles. The Morgan fingerprint density at radius 1 is 1.29 bits per heavy atom. The van der Waals surface area contributed by atoms with Gasteiger partial charge in [0.1, 0.15) is 6.10 Å². The minimum Gasteiger partial charge on any atom is -0.453 e. The van der Waals surface area contributed by atoms with Gasteiger partial charge in [-0.2, -0.15) is 0 Å². The highest BCUT2D eigenvalue weighted by molar-refractivity contribution is 5.86. The SMILES string of the molecule is CC(OC(=O)c1cn(CC2CC2)nn1)c1ccc(C(C)(C)C)cc1. The summed E-state index contributed by atoms with van der Waals surface area (Å²) < 4.78 is 7.26. The topological polar surface area (TPSA) is 57.0 Å². The van der Waals surface area contributed by atoms with Crippen molar-refractivity contribution in [2.45, 2.75) is 58.6 Å². The normalized spacial score (nSPS) is 16.0. The third kappa shape index (κ3) is 4.02. The molecule has 2 aromatic rings. The molecule has 1 saturated carbocycles. The molecular formula is C19H25N3O2. The zero-order valence-electron chi connectivity index (χ0n) is 14.8. The molecule has 0 N–H and O–H groups in total. The maximum atomic E-state index is 12.2. The van der Waals surface area contributed by atoms with Crippen molar-refractivity contribution in [1.82, 2.24) is 15.0 Å². The Morgan fingerprint density at radius 3 is 2.54 bits per heavy atom. The van der Waals surface area contributed by atoms with Gasteiger partial charge in [0.25, 0.3) is 0 Å². The van der Waals surface area contributed by atoms with Crippen LogP contribution in [0.15, 0.2) is 30.5 Å². The molecule has 5 heteroatoms. The van der Waals surface area contributed by atoms with Crippen LogP contribution in [0.2, 0.25) is 0 Å². The molecule has 0 radical (unpaired) electrons. The molecule has 0 spiro atoms. The van der Waals surface area contributed by atoms with Crippen LogP contribution in [-0.2, 0) is 16.7 Å². The van der Waals surface area contributed by atoms with E-state index in [1.54, 1.807) is 10.9 Å². The van der Waals surface area contributed by atoms with E-state index in [-0.39, 0.29) is 17.2 Å². The summed E-state index contributed by atoms with van der Waals surface area (Å²) in [5.41, 5.74) is 2.61. The van der Waals surface area contributed by atoms with Crippen molar-refractivity contribution in [1.29, 1.82) is 0 Å². The number of ether oxygens (including phenoxy) is 1. The third-order valence-electron chi connectivity index (χ3n) is 4.42. The van der Waals surface area contributed by atoms with Crippen molar-refractivity contribution in [3.63, 3.8) is 0 Å². The lowest BCUT2D eigenvalue weighted by Gasteiger charge is -2.20. The first-order valence-electron chi connectivity index (χ1n) is 8.54. The first-order valence-corrected chi connectivity index (χ1v) is 8.54. The molecule has 24 heavy (non-hydrogen) atoms. The Balaban J connectivity index is 1.61. The number of aromatic nitrogens is 3. The lowest BCUT2D eigenvalue weighted by molar-refractivity contribution is 0.0330. The summed E-state index contributed by atoms with van der Waals surface area (Å²) in [4.78, 5) is 12.2. The Hall–Kier alpha value is -2.17. The van der Waals surface area contributed by atoms with Gasteiger partial charge in [-0.15, -0.1) is 5.10 Å². The van der Waals surface area contributed by atoms with E-state index >= 15 is 0 Å². The maximum absolute atomic E-state index is 12.2. The van der Waals surface area contributed by atoms with Gasteiger partial charge in [0.05, 0.1) is 6.20 Å². The fraction of sp³-hybridized carbons (Fsp3) is 0.526. The predicted molar refractivity (Wildman–Crippen MR) is 91.7 cm³/mol. The number of rotatable bonds is 5. The summed E-state index contributed by atoms with van der Waals surface area (Å²) in [7, 11) is 0. The van der Waals surface area contributed by atoms with E-state index in [1.807, 2.05) is 19.1 Å². The maximum Gasteiger partial charge on any atom is 0.361 e. The van der Waals surface area contributed by atoms with E-state index < -0.39 is 5.97 Å². The van der Waals surface area contributed by atoms with Crippen LogP contribution in [-0.4, -0.2) is 21.0 Å². The standard InChI is InChI=1S/C19H25N3O2/c1-13(15-7-9-16(10-8-15)19(2,3)4)24-18(23)17-12-22(21-20-17)11-14-5-6-14/h7-10,12-14H,5-6,11H2,1-4H3. The second-order valence-electron chi connectivity index (χ2n) is 7.69. The molecule has 0 aliphatic heterocycles. The van der Waals surface area contributed by atoms with Gasteiger partial charge in [0, 0.05) is 6.54 Å². The van der Waals surface area contributed by atoms with Gasteiger partial charge in [-0.25, -0.2) is 4.79 Å². The number of esters is 1. The van der Waals surface area contributed by atoms with Gasteiger partial charge < -0.3 is 4.74 Å². The van der Waals surface area contributed by atoms with E-state index in [1.165, 1.54) is 18.4 Å². The Labute approximate surface area is 143 Å². The molecule has 1 fully saturated rings. The number of carbonyl (C=O) groups excluding carboxylic acids is 1. The monoisotopic (exact) mass is 327 g/mol. The molecule has 1 atom stereocenters. The number of benzene rings is 1. The molecule has 1 aliphatic rings. The van der Waals surface area contributed by atoms with Crippen LogP contribution in [0.4, 0.5) is 0 Å². The second-order valence-corrected chi connectivity index (χ2v) is 7.69.